The third kappa shape index (κ3) is 4.87. The van der Waals surface area contributed by atoms with E-state index in [4.69, 9.17) is 4.74 Å². The zero-order valence-electron chi connectivity index (χ0n) is 18.6. The predicted molar refractivity (Wildman–Crippen MR) is 126 cm³/mol. The fourth-order valence-electron chi connectivity index (χ4n) is 4.86. The van der Waals surface area contributed by atoms with Crippen molar-refractivity contribution in [2.24, 2.45) is 0 Å². The van der Waals surface area contributed by atoms with E-state index >= 15 is 0 Å². The molecule has 5 rings (SSSR count). The minimum absolute atomic E-state index is 0.000535. The average molecular weight is 470 g/mol. The third-order valence-electron chi connectivity index (χ3n) is 6.57. The normalized spacial score (nSPS) is 17.9. The molecule has 2 aromatic heterocycles. The van der Waals surface area contributed by atoms with Crippen molar-refractivity contribution in [3.63, 3.8) is 0 Å². The summed E-state index contributed by atoms with van der Waals surface area (Å²) in [6.07, 6.45) is 7.86. The van der Waals surface area contributed by atoms with Crippen LogP contribution in [0.1, 0.15) is 48.1 Å². The first-order valence-corrected chi connectivity index (χ1v) is 12.5. The van der Waals surface area contributed by atoms with Crippen molar-refractivity contribution in [1.82, 2.24) is 14.5 Å². The van der Waals surface area contributed by atoms with Gasteiger partial charge in [0.1, 0.15) is 10.6 Å². The standard InChI is InChI=1S/C25H28FN3O3S/c26-18-6-3-5-17(13-18)14-29(15-19-7-4-12-32-19)22(30)10-11-28-16-27-24-23(25(28)31)20-8-1-2-9-21(20)33-24/h3,5-6,13,16,19H,1-2,4,7-12,14-15H2. The Hall–Kier alpha value is -2.58. The van der Waals surface area contributed by atoms with Crippen LogP contribution in [0.3, 0.4) is 0 Å². The maximum Gasteiger partial charge on any atom is 0.262 e. The summed E-state index contributed by atoms with van der Waals surface area (Å²) in [4.78, 5) is 34.7. The van der Waals surface area contributed by atoms with Crippen LogP contribution in [0.15, 0.2) is 35.4 Å². The number of ether oxygens (including phenoxy) is 1. The lowest BCUT2D eigenvalue weighted by Crippen LogP contribution is -2.37. The van der Waals surface area contributed by atoms with Crippen LogP contribution in [0.4, 0.5) is 4.39 Å². The topological polar surface area (TPSA) is 64.4 Å². The molecule has 0 radical (unpaired) electrons. The number of carbonyl (C=O) groups excluding carboxylic acids is 1. The number of hydrogen-bond acceptors (Lipinski definition) is 5. The highest BCUT2D eigenvalue weighted by atomic mass is 32.1. The number of fused-ring (bicyclic) bond motifs is 3. The summed E-state index contributed by atoms with van der Waals surface area (Å²) >= 11 is 1.63. The molecule has 1 aliphatic heterocycles. The summed E-state index contributed by atoms with van der Waals surface area (Å²) < 4.78 is 21.0. The average Bonchev–Trinajstić information content (AvgIpc) is 3.46. The van der Waals surface area contributed by atoms with Crippen molar-refractivity contribution >= 4 is 27.5 Å². The number of aromatic nitrogens is 2. The smallest absolute Gasteiger partial charge is 0.262 e. The molecular weight excluding hydrogens is 441 g/mol. The zero-order chi connectivity index (χ0) is 22.8. The second-order valence-electron chi connectivity index (χ2n) is 8.92. The fourth-order valence-corrected chi connectivity index (χ4v) is 6.08. The summed E-state index contributed by atoms with van der Waals surface area (Å²) in [5.41, 5.74) is 1.85. The molecule has 3 heterocycles. The molecule has 33 heavy (non-hydrogen) atoms. The molecule has 0 bridgehead atoms. The SMILES string of the molecule is O=C(CCn1cnc2sc3c(c2c1=O)CCCC3)N(Cc1cccc(F)c1)CC1CCCO1. The number of hydrogen-bond donors (Lipinski definition) is 0. The molecule has 174 valence electrons. The molecule has 0 spiro atoms. The Balaban J connectivity index is 1.33. The molecule has 0 N–H and O–H groups in total. The monoisotopic (exact) mass is 469 g/mol. The number of amides is 1. The first-order valence-electron chi connectivity index (χ1n) is 11.7. The number of thiophene rings is 1. The van der Waals surface area contributed by atoms with Crippen LogP contribution in [-0.4, -0.2) is 39.6 Å². The number of carbonyl (C=O) groups is 1. The highest BCUT2D eigenvalue weighted by Crippen LogP contribution is 2.33. The molecule has 1 aliphatic carbocycles. The van der Waals surface area contributed by atoms with Crippen LogP contribution in [0, 0.1) is 5.82 Å². The number of aryl methyl sites for hydroxylation is 3. The van der Waals surface area contributed by atoms with Crippen molar-refractivity contribution < 1.29 is 13.9 Å². The Morgan fingerprint density at radius 2 is 2.15 bits per heavy atom. The largest absolute Gasteiger partial charge is 0.376 e. The maximum atomic E-state index is 13.7. The van der Waals surface area contributed by atoms with Crippen LogP contribution >= 0.6 is 11.3 Å². The summed E-state index contributed by atoms with van der Waals surface area (Å²) in [6, 6.07) is 6.33. The number of benzene rings is 1. The fraction of sp³-hybridized carbons (Fsp3) is 0.480. The Kier molecular flexibility index (Phi) is 6.55. The Morgan fingerprint density at radius 3 is 2.97 bits per heavy atom. The lowest BCUT2D eigenvalue weighted by atomic mass is 9.97. The van der Waals surface area contributed by atoms with Gasteiger partial charge in [0.15, 0.2) is 0 Å². The van der Waals surface area contributed by atoms with Crippen molar-refractivity contribution in [3.8, 4) is 0 Å². The van der Waals surface area contributed by atoms with Gasteiger partial charge >= 0.3 is 0 Å². The van der Waals surface area contributed by atoms with E-state index in [0.717, 1.165) is 59.9 Å². The van der Waals surface area contributed by atoms with Crippen molar-refractivity contribution in [1.29, 1.82) is 0 Å². The third-order valence-corrected chi connectivity index (χ3v) is 7.77. The van der Waals surface area contributed by atoms with Gasteiger partial charge in [-0.1, -0.05) is 12.1 Å². The number of rotatable bonds is 7. The molecule has 1 fully saturated rings. The van der Waals surface area contributed by atoms with E-state index in [1.807, 2.05) is 6.07 Å². The van der Waals surface area contributed by atoms with Gasteiger partial charge in [0.2, 0.25) is 5.91 Å². The molecule has 6 nitrogen and oxygen atoms in total. The molecule has 1 amide bonds. The molecule has 3 aromatic rings. The van der Waals surface area contributed by atoms with Gasteiger partial charge in [-0.05, 0) is 61.8 Å². The van der Waals surface area contributed by atoms with E-state index in [1.54, 1.807) is 33.2 Å². The second kappa shape index (κ2) is 9.73. The van der Waals surface area contributed by atoms with Gasteiger partial charge in [0.05, 0.1) is 17.8 Å². The molecule has 1 aromatic carbocycles. The van der Waals surface area contributed by atoms with Gasteiger partial charge in [-0.25, -0.2) is 9.37 Å². The molecule has 0 saturated carbocycles. The Morgan fingerprint density at radius 1 is 1.27 bits per heavy atom. The van der Waals surface area contributed by atoms with Gasteiger partial charge in [0, 0.05) is 37.5 Å². The lowest BCUT2D eigenvalue weighted by molar-refractivity contribution is -0.133. The molecular formula is C25H28FN3O3S. The van der Waals surface area contributed by atoms with E-state index in [1.165, 1.54) is 17.0 Å². The molecule has 1 atom stereocenters. The highest BCUT2D eigenvalue weighted by molar-refractivity contribution is 7.18. The van der Waals surface area contributed by atoms with E-state index in [9.17, 15) is 14.0 Å². The van der Waals surface area contributed by atoms with E-state index in [-0.39, 0.29) is 36.4 Å². The minimum Gasteiger partial charge on any atom is -0.376 e. The first kappa shape index (κ1) is 22.2. The van der Waals surface area contributed by atoms with Crippen LogP contribution in [0.2, 0.25) is 0 Å². The maximum absolute atomic E-state index is 13.7. The highest BCUT2D eigenvalue weighted by Gasteiger charge is 2.24. The van der Waals surface area contributed by atoms with Gasteiger partial charge < -0.3 is 9.64 Å². The van der Waals surface area contributed by atoms with E-state index in [2.05, 4.69) is 4.98 Å². The van der Waals surface area contributed by atoms with Gasteiger partial charge in [0.25, 0.3) is 5.56 Å². The van der Waals surface area contributed by atoms with Crippen molar-refractivity contribution in [2.45, 2.75) is 64.1 Å². The van der Waals surface area contributed by atoms with Crippen LogP contribution < -0.4 is 5.56 Å². The predicted octanol–water partition coefficient (Wildman–Crippen LogP) is 4.07. The number of nitrogens with zero attached hydrogens (tertiary/aromatic N) is 3. The summed E-state index contributed by atoms with van der Waals surface area (Å²) in [6.45, 7) is 1.77. The molecule has 8 heteroatoms. The molecule has 1 unspecified atom stereocenters. The van der Waals surface area contributed by atoms with Gasteiger partial charge in [-0.15, -0.1) is 11.3 Å². The Labute approximate surface area is 196 Å². The van der Waals surface area contributed by atoms with Gasteiger partial charge in [-0.3, -0.25) is 14.2 Å². The first-order chi connectivity index (χ1) is 16.1. The van der Waals surface area contributed by atoms with E-state index in [0.29, 0.717) is 19.7 Å². The zero-order valence-corrected chi connectivity index (χ0v) is 19.4. The van der Waals surface area contributed by atoms with Crippen LogP contribution in [0.25, 0.3) is 10.2 Å². The Bertz CT molecular complexity index is 1220. The van der Waals surface area contributed by atoms with E-state index < -0.39 is 0 Å². The minimum atomic E-state index is -0.318. The lowest BCUT2D eigenvalue weighted by Gasteiger charge is -2.26. The number of halogens is 1. The van der Waals surface area contributed by atoms with Crippen molar-refractivity contribution in [3.05, 3.63) is 62.8 Å². The van der Waals surface area contributed by atoms with Crippen LogP contribution in [-0.2, 0) is 35.5 Å². The van der Waals surface area contributed by atoms with Crippen LogP contribution in [0.5, 0.6) is 0 Å². The summed E-state index contributed by atoms with van der Waals surface area (Å²) in [5.74, 6) is -0.392. The summed E-state index contributed by atoms with van der Waals surface area (Å²) in [5, 5.41) is 0.737. The van der Waals surface area contributed by atoms with Gasteiger partial charge in [-0.2, -0.15) is 0 Å². The van der Waals surface area contributed by atoms with Crippen molar-refractivity contribution in [2.75, 3.05) is 13.2 Å². The quantitative estimate of drug-likeness (QED) is 0.523. The second-order valence-corrected chi connectivity index (χ2v) is 10.0. The summed E-state index contributed by atoms with van der Waals surface area (Å²) in [7, 11) is 0. The molecule has 1 saturated heterocycles. The molecule has 2 aliphatic rings.